The van der Waals surface area contributed by atoms with Crippen molar-refractivity contribution in [2.45, 2.75) is 26.3 Å². The van der Waals surface area contributed by atoms with Gasteiger partial charge in [-0.05, 0) is 51.2 Å². The van der Waals surface area contributed by atoms with Crippen molar-refractivity contribution in [3.8, 4) is 11.5 Å². The Balaban J connectivity index is 2.24. The minimum atomic E-state index is -0.430. The molecule has 0 aliphatic heterocycles. The van der Waals surface area contributed by atoms with E-state index in [4.69, 9.17) is 10.5 Å². The van der Waals surface area contributed by atoms with E-state index in [0.29, 0.717) is 21.7 Å². The first kappa shape index (κ1) is 15.0. The first-order chi connectivity index (χ1) is 9.52. The summed E-state index contributed by atoms with van der Waals surface area (Å²) in [6.45, 7) is 4.53. The van der Waals surface area contributed by atoms with Gasteiger partial charge in [0, 0.05) is 6.54 Å². The highest BCUT2D eigenvalue weighted by atomic mass is 79.9. The smallest absolute Gasteiger partial charge is 0.180 e. The van der Waals surface area contributed by atoms with E-state index in [0.717, 1.165) is 0 Å². The number of hydrogen-bond donors (Lipinski definition) is 1. The minimum Gasteiger partial charge on any atom is -0.454 e. The first-order valence-corrected chi connectivity index (χ1v) is 7.27. The molecule has 2 rings (SSSR count). The van der Waals surface area contributed by atoms with Gasteiger partial charge in [-0.2, -0.15) is 0 Å². The molecular formula is C16H17BrFNO. The van der Waals surface area contributed by atoms with Crippen LogP contribution in [0.5, 0.6) is 11.5 Å². The molecule has 0 aromatic heterocycles. The molecule has 4 heteroatoms. The van der Waals surface area contributed by atoms with Gasteiger partial charge in [-0.3, -0.25) is 0 Å². The number of ether oxygens (including phenoxy) is 1. The zero-order chi connectivity index (χ0) is 14.7. The molecule has 0 saturated carbocycles. The third-order valence-corrected chi connectivity index (χ3v) is 3.98. The lowest BCUT2D eigenvalue weighted by molar-refractivity contribution is 0.439. The maximum atomic E-state index is 14.1. The van der Waals surface area contributed by atoms with Crippen molar-refractivity contribution in [1.29, 1.82) is 0 Å². The fraction of sp³-hybridized carbons (Fsp3) is 0.250. The molecule has 0 atom stereocenters. The van der Waals surface area contributed by atoms with Gasteiger partial charge in [0.05, 0.1) is 4.47 Å². The first-order valence-electron chi connectivity index (χ1n) is 6.47. The lowest BCUT2D eigenvalue weighted by Gasteiger charge is -2.11. The summed E-state index contributed by atoms with van der Waals surface area (Å²) in [6, 6.07) is 11.0. The van der Waals surface area contributed by atoms with Crippen LogP contribution in [0.1, 0.15) is 30.9 Å². The van der Waals surface area contributed by atoms with Crippen molar-refractivity contribution in [2.24, 2.45) is 5.73 Å². The van der Waals surface area contributed by atoms with Gasteiger partial charge in [-0.1, -0.05) is 32.0 Å². The van der Waals surface area contributed by atoms with Crippen LogP contribution < -0.4 is 10.5 Å². The molecule has 2 aromatic rings. The van der Waals surface area contributed by atoms with E-state index in [2.05, 4.69) is 29.8 Å². The van der Waals surface area contributed by atoms with Crippen LogP contribution in [0.2, 0.25) is 0 Å². The molecule has 2 nitrogen and oxygen atoms in total. The van der Waals surface area contributed by atoms with E-state index >= 15 is 0 Å². The zero-order valence-corrected chi connectivity index (χ0v) is 13.1. The summed E-state index contributed by atoms with van der Waals surface area (Å²) in [6.07, 6.45) is 0. The Labute approximate surface area is 126 Å². The van der Waals surface area contributed by atoms with Crippen LogP contribution in [0.3, 0.4) is 0 Å². The average molecular weight is 338 g/mol. The van der Waals surface area contributed by atoms with Crippen molar-refractivity contribution in [3.05, 3.63) is 57.8 Å². The molecule has 0 fully saturated rings. The number of nitrogens with two attached hydrogens (primary N) is 1. The molecule has 0 unspecified atom stereocenters. The molecule has 106 valence electrons. The Kier molecular flexibility index (Phi) is 4.78. The monoisotopic (exact) mass is 337 g/mol. The van der Waals surface area contributed by atoms with Crippen LogP contribution >= 0.6 is 15.9 Å². The number of hydrogen-bond acceptors (Lipinski definition) is 2. The lowest BCUT2D eigenvalue weighted by Crippen LogP contribution is -2.00. The molecule has 0 saturated heterocycles. The van der Waals surface area contributed by atoms with Crippen molar-refractivity contribution in [3.63, 3.8) is 0 Å². The Morgan fingerprint density at radius 3 is 2.35 bits per heavy atom. The van der Waals surface area contributed by atoms with E-state index in [-0.39, 0.29) is 12.3 Å². The van der Waals surface area contributed by atoms with Gasteiger partial charge in [-0.25, -0.2) is 4.39 Å². The molecule has 0 amide bonds. The zero-order valence-electron chi connectivity index (χ0n) is 11.5. The molecule has 0 heterocycles. The topological polar surface area (TPSA) is 35.2 Å². The number of halogens is 2. The summed E-state index contributed by atoms with van der Waals surface area (Å²) in [7, 11) is 0. The quantitative estimate of drug-likeness (QED) is 0.855. The van der Waals surface area contributed by atoms with Gasteiger partial charge >= 0.3 is 0 Å². The van der Waals surface area contributed by atoms with Crippen LogP contribution in [0.25, 0.3) is 0 Å². The second-order valence-corrected chi connectivity index (χ2v) is 5.67. The van der Waals surface area contributed by atoms with Gasteiger partial charge in [0.2, 0.25) is 0 Å². The van der Waals surface area contributed by atoms with Gasteiger partial charge in [-0.15, -0.1) is 0 Å². The third kappa shape index (κ3) is 3.19. The third-order valence-electron chi connectivity index (χ3n) is 3.12. The van der Waals surface area contributed by atoms with Gasteiger partial charge < -0.3 is 10.5 Å². The van der Waals surface area contributed by atoms with Crippen molar-refractivity contribution in [2.75, 3.05) is 0 Å². The molecule has 0 aliphatic carbocycles. The fourth-order valence-corrected chi connectivity index (χ4v) is 2.35. The summed E-state index contributed by atoms with van der Waals surface area (Å²) < 4.78 is 20.1. The summed E-state index contributed by atoms with van der Waals surface area (Å²) in [5.41, 5.74) is 7.46. The molecule has 20 heavy (non-hydrogen) atoms. The maximum Gasteiger partial charge on any atom is 0.180 e. The highest BCUT2D eigenvalue weighted by Crippen LogP contribution is 2.32. The number of rotatable bonds is 4. The van der Waals surface area contributed by atoms with Gasteiger partial charge in [0.25, 0.3) is 0 Å². The molecule has 2 aromatic carbocycles. The maximum absolute atomic E-state index is 14.1. The van der Waals surface area contributed by atoms with Gasteiger partial charge in [0.15, 0.2) is 11.6 Å². The normalized spacial score (nSPS) is 10.9. The van der Waals surface area contributed by atoms with E-state index in [1.807, 2.05) is 24.3 Å². The van der Waals surface area contributed by atoms with Crippen LogP contribution in [0.15, 0.2) is 40.9 Å². The van der Waals surface area contributed by atoms with E-state index in [1.54, 1.807) is 12.1 Å². The molecular weight excluding hydrogens is 321 g/mol. The second-order valence-electron chi connectivity index (χ2n) is 4.88. The van der Waals surface area contributed by atoms with Crippen LogP contribution in [-0.2, 0) is 6.54 Å². The lowest BCUT2D eigenvalue weighted by atomic mass is 10.0. The van der Waals surface area contributed by atoms with Crippen LogP contribution in [-0.4, -0.2) is 0 Å². The largest absolute Gasteiger partial charge is 0.454 e. The fourth-order valence-electron chi connectivity index (χ4n) is 1.86. The predicted molar refractivity (Wildman–Crippen MR) is 82.6 cm³/mol. The van der Waals surface area contributed by atoms with E-state index in [9.17, 15) is 4.39 Å². The summed E-state index contributed by atoms with van der Waals surface area (Å²) in [4.78, 5) is 0. The second kappa shape index (κ2) is 6.37. The van der Waals surface area contributed by atoms with E-state index < -0.39 is 5.82 Å². The summed E-state index contributed by atoms with van der Waals surface area (Å²) in [5, 5.41) is 0. The predicted octanol–water partition coefficient (Wildman–Crippen LogP) is 4.96. The van der Waals surface area contributed by atoms with Crippen molar-refractivity contribution >= 4 is 15.9 Å². The van der Waals surface area contributed by atoms with Crippen molar-refractivity contribution in [1.82, 2.24) is 0 Å². The Bertz CT molecular complexity index is 596. The standard InChI is InChI=1S/C16H17BrFNO/c1-10(2)11-3-6-13(7-4-11)20-14-8-5-12(9-19)15(17)16(14)18/h3-8,10H,9,19H2,1-2H3. The highest BCUT2D eigenvalue weighted by Gasteiger charge is 2.12. The molecule has 0 radical (unpaired) electrons. The summed E-state index contributed by atoms with van der Waals surface area (Å²) >= 11 is 3.20. The summed E-state index contributed by atoms with van der Waals surface area (Å²) in [5.74, 6) is 0.826. The average Bonchev–Trinajstić information content (AvgIpc) is 2.45. The van der Waals surface area contributed by atoms with Crippen molar-refractivity contribution < 1.29 is 9.13 Å². The van der Waals surface area contributed by atoms with E-state index in [1.165, 1.54) is 5.56 Å². The molecule has 2 N–H and O–H groups in total. The Morgan fingerprint density at radius 2 is 1.80 bits per heavy atom. The Hall–Kier alpha value is -1.39. The SMILES string of the molecule is CC(C)c1ccc(Oc2ccc(CN)c(Br)c2F)cc1. The van der Waals surface area contributed by atoms with Gasteiger partial charge in [0.1, 0.15) is 5.75 Å². The van der Waals surface area contributed by atoms with Crippen LogP contribution in [0, 0.1) is 5.82 Å². The molecule has 0 spiro atoms. The molecule has 0 aliphatic rings. The minimum absolute atomic E-state index is 0.186. The Morgan fingerprint density at radius 1 is 1.15 bits per heavy atom. The number of benzene rings is 2. The van der Waals surface area contributed by atoms with Crippen LogP contribution in [0.4, 0.5) is 4.39 Å². The highest BCUT2D eigenvalue weighted by molar-refractivity contribution is 9.10. The molecule has 0 bridgehead atoms.